The molecule has 0 saturated heterocycles. The Balaban J connectivity index is 1.70. The number of nitrogens with zero attached hydrogens (tertiary/aromatic N) is 2. The minimum atomic E-state index is -0.404. The molecule has 1 unspecified atom stereocenters. The summed E-state index contributed by atoms with van der Waals surface area (Å²) in [4.78, 5) is 29.5. The number of carbonyl (C=O) groups excluding carboxylic acids is 1. The first-order valence-electron chi connectivity index (χ1n) is 8.11. The Labute approximate surface area is 149 Å². The highest BCUT2D eigenvalue weighted by Crippen LogP contribution is 2.12. The highest BCUT2D eigenvalue weighted by molar-refractivity contribution is 7.15. The minimum absolute atomic E-state index is 0.0481. The fourth-order valence-electron chi connectivity index (χ4n) is 2.48. The average molecular weight is 356 g/mol. The number of amides is 1. The van der Waals surface area contributed by atoms with Crippen molar-refractivity contribution in [1.29, 1.82) is 0 Å². The molecule has 0 aliphatic carbocycles. The molecule has 0 saturated carbocycles. The number of para-hydroxylation sites is 1. The Morgan fingerprint density at radius 2 is 2.04 bits per heavy atom. The number of benzene rings is 1. The van der Waals surface area contributed by atoms with Gasteiger partial charge in [-0.1, -0.05) is 32.0 Å². The summed E-state index contributed by atoms with van der Waals surface area (Å²) in [7, 11) is 0. The zero-order valence-electron chi connectivity index (χ0n) is 14.1. The number of hydrogen-bond acceptors (Lipinski definition) is 5. The van der Waals surface area contributed by atoms with Gasteiger partial charge in [-0.3, -0.25) is 14.0 Å². The van der Waals surface area contributed by atoms with Gasteiger partial charge in [-0.15, -0.1) is 11.3 Å². The van der Waals surface area contributed by atoms with Gasteiger partial charge in [0, 0.05) is 36.0 Å². The van der Waals surface area contributed by atoms with Crippen molar-refractivity contribution in [1.82, 2.24) is 14.7 Å². The molecular weight excluding hydrogens is 336 g/mol. The molecule has 3 rings (SSSR count). The van der Waals surface area contributed by atoms with Gasteiger partial charge in [-0.05, 0) is 18.1 Å². The van der Waals surface area contributed by atoms with E-state index >= 15 is 0 Å². The van der Waals surface area contributed by atoms with E-state index in [1.807, 2.05) is 30.3 Å². The van der Waals surface area contributed by atoms with Crippen LogP contribution in [0, 0.1) is 5.92 Å². The van der Waals surface area contributed by atoms with Crippen molar-refractivity contribution < 1.29 is 4.79 Å². The minimum Gasteiger partial charge on any atom is -0.380 e. The van der Waals surface area contributed by atoms with Crippen molar-refractivity contribution in [3.8, 4) is 0 Å². The van der Waals surface area contributed by atoms with Crippen LogP contribution in [0.15, 0.2) is 52.9 Å². The van der Waals surface area contributed by atoms with Crippen LogP contribution in [0.3, 0.4) is 0 Å². The molecule has 2 aromatic heterocycles. The van der Waals surface area contributed by atoms with Gasteiger partial charge >= 0.3 is 0 Å². The lowest BCUT2D eigenvalue weighted by atomic mass is 10.0. The van der Waals surface area contributed by atoms with Crippen LogP contribution in [0.1, 0.15) is 24.2 Å². The van der Waals surface area contributed by atoms with Crippen molar-refractivity contribution in [2.75, 3.05) is 11.9 Å². The van der Waals surface area contributed by atoms with E-state index in [-0.39, 0.29) is 17.2 Å². The van der Waals surface area contributed by atoms with Crippen LogP contribution < -0.4 is 16.2 Å². The summed E-state index contributed by atoms with van der Waals surface area (Å²) in [6.45, 7) is 4.58. The summed E-state index contributed by atoms with van der Waals surface area (Å²) in [6, 6.07) is 9.89. The third kappa shape index (κ3) is 3.88. The van der Waals surface area contributed by atoms with E-state index in [9.17, 15) is 9.59 Å². The molecule has 0 aliphatic rings. The van der Waals surface area contributed by atoms with E-state index in [2.05, 4.69) is 29.5 Å². The van der Waals surface area contributed by atoms with Gasteiger partial charge in [0.05, 0.1) is 0 Å². The van der Waals surface area contributed by atoms with Gasteiger partial charge in [0.25, 0.3) is 11.5 Å². The largest absolute Gasteiger partial charge is 0.380 e. The molecule has 25 heavy (non-hydrogen) atoms. The first kappa shape index (κ1) is 17.2. The zero-order valence-corrected chi connectivity index (χ0v) is 14.9. The predicted octanol–water partition coefficient (Wildman–Crippen LogP) is 2.62. The van der Waals surface area contributed by atoms with Gasteiger partial charge in [0.15, 0.2) is 4.96 Å². The van der Waals surface area contributed by atoms with Gasteiger partial charge in [-0.25, -0.2) is 4.98 Å². The second-order valence-electron chi connectivity index (χ2n) is 6.10. The zero-order chi connectivity index (χ0) is 17.8. The summed E-state index contributed by atoms with van der Waals surface area (Å²) >= 11 is 1.36. The van der Waals surface area contributed by atoms with E-state index < -0.39 is 5.91 Å². The maximum atomic E-state index is 12.4. The standard InChI is InChI=1S/C18H20N4O2S/c1-12(2)15(21-13-6-4-3-5-7-13)11-19-16(23)14-10-20-18-22(17(14)24)8-9-25-18/h3-10,12,15,21H,11H2,1-2H3,(H,19,23). The Hall–Kier alpha value is -2.67. The van der Waals surface area contributed by atoms with Gasteiger partial charge in [-0.2, -0.15) is 0 Å². The fourth-order valence-corrected chi connectivity index (χ4v) is 3.16. The first-order valence-corrected chi connectivity index (χ1v) is 8.99. The fraction of sp³-hybridized carbons (Fsp3) is 0.278. The van der Waals surface area contributed by atoms with E-state index in [1.165, 1.54) is 21.9 Å². The SMILES string of the molecule is CC(C)C(CNC(=O)c1cnc2sccn2c1=O)Nc1ccccc1. The third-order valence-corrected chi connectivity index (χ3v) is 4.77. The number of hydrogen-bond donors (Lipinski definition) is 2. The second kappa shape index (κ2) is 7.48. The maximum Gasteiger partial charge on any atom is 0.271 e. The lowest BCUT2D eigenvalue weighted by Gasteiger charge is -2.24. The molecule has 3 aromatic rings. The summed E-state index contributed by atoms with van der Waals surface area (Å²) in [5, 5.41) is 8.03. The monoisotopic (exact) mass is 356 g/mol. The third-order valence-electron chi connectivity index (χ3n) is 4.00. The molecule has 0 fully saturated rings. The van der Waals surface area contributed by atoms with Crippen molar-refractivity contribution in [2.24, 2.45) is 5.92 Å². The summed E-state index contributed by atoms with van der Waals surface area (Å²) in [5.74, 6) is -0.0994. The number of anilines is 1. The molecule has 130 valence electrons. The molecule has 0 aliphatic heterocycles. The Morgan fingerprint density at radius 3 is 2.76 bits per heavy atom. The molecule has 2 heterocycles. The number of nitrogens with one attached hydrogen (secondary N) is 2. The van der Waals surface area contributed by atoms with Crippen molar-refractivity contribution >= 4 is 27.9 Å². The quantitative estimate of drug-likeness (QED) is 0.712. The van der Waals surface area contributed by atoms with Crippen LogP contribution in [-0.2, 0) is 0 Å². The topological polar surface area (TPSA) is 75.5 Å². The van der Waals surface area contributed by atoms with Crippen LogP contribution in [0.2, 0.25) is 0 Å². The number of fused-ring (bicyclic) bond motifs is 1. The Bertz CT molecular complexity index is 917. The molecule has 0 spiro atoms. The Kier molecular flexibility index (Phi) is 5.14. The van der Waals surface area contributed by atoms with Crippen LogP contribution in [0.25, 0.3) is 4.96 Å². The molecular formula is C18H20N4O2S. The van der Waals surface area contributed by atoms with Crippen LogP contribution in [0.4, 0.5) is 5.69 Å². The normalized spacial score (nSPS) is 12.3. The van der Waals surface area contributed by atoms with Gasteiger partial charge < -0.3 is 10.6 Å². The number of thiazole rings is 1. The summed E-state index contributed by atoms with van der Waals surface area (Å²) in [6.07, 6.45) is 2.97. The van der Waals surface area contributed by atoms with Gasteiger partial charge in [0.2, 0.25) is 0 Å². The van der Waals surface area contributed by atoms with Crippen LogP contribution >= 0.6 is 11.3 Å². The molecule has 0 bridgehead atoms. The van der Waals surface area contributed by atoms with Crippen LogP contribution in [0.5, 0.6) is 0 Å². The second-order valence-corrected chi connectivity index (χ2v) is 6.98. The molecule has 0 radical (unpaired) electrons. The van der Waals surface area contributed by atoms with Crippen molar-refractivity contribution in [3.05, 3.63) is 64.0 Å². The van der Waals surface area contributed by atoms with E-state index in [4.69, 9.17) is 0 Å². The smallest absolute Gasteiger partial charge is 0.271 e. The van der Waals surface area contributed by atoms with Crippen LogP contribution in [-0.4, -0.2) is 27.9 Å². The van der Waals surface area contributed by atoms with E-state index in [0.717, 1.165) is 5.69 Å². The highest BCUT2D eigenvalue weighted by atomic mass is 32.1. The first-order chi connectivity index (χ1) is 12.1. The molecule has 7 heteroatoms. The lowest BCUT2D eigenvalue weighted by molar-refractivity contribution is 0.0948. The van der Waals surface area contributed by atoms with E-state index in [1.54, 1.807) is 11.6 Å². The highest BCUT2D eigenvalue weighted by Gasteiger charge is 2.18. The van der Waals surface area contributed by atoms with Crippen molar-refractivity contribution in [2.45, 2.75) is 19.9 Å². The average Bonchev–Trinajstić information content (AvgIpc) is 3.09. The molecule has 1 amide bonds. The summed E-state index contributed by atoms with van der Waals surface area (Å²) in [5.41, 5.74) is 0.705. The maximum absolute atomic E-state index is 12.4. The number of rotatable bonds is 6. The number of carbonyl (C=O) groups is 1. The summed E-state index contributed by atoms with van der Waals surface area (Å²) < 4.78 is 1.39. The Morgan fingerprint density at radius 1 is 1.28 bits per heavy atom. The van der Waals surface area contributed by atoms with E-state index in [0.29, 0.717) is 17.4 Å². The van der Waals surface area contributed by atoms with Crippen molar-refractivity contribution in [3.63, 3.8) is 0 Å². The predicted molar refractivity (Wildman–Crippen MR) is 100 cm³/mol. The number of aromatic nitrogens is 2. The molecule has 1 atom stereocenters. The molecule has 2 N–H and O–H groups in total. The molecule has 1 aromatic carbocycles. The molecule has 6 nitrogen and oxygen atoms in total. The van der Waals surface area contributed by atoms with Gasteiger partial charge in [0.1, 0.15) is 5.56 Å². The lowest BCUT2D eigenvalue weighted by Crippen LogP contribution is -2.41.